The van der Waals surface area contributed by atoms with Crippen LogP contribution in [0.5, 0.6) is 0 Å². The van der Waals surface area contributed by atoms with Crippen molar-refractivity contribution in [3.8, 4) is 11.1 Å². The molecular weight excluding hydrogens is 440 g/mol. The molecule has 0 radical (unpaired) electrons. The third-order valence-electron chi connectivity index (χ3n) is 3.88. The van der Waals surface area contributed by atoms with E-state index >= 15 is 0 Å². The molecule has 2 aromatic rings. The number of nitrogens with two attached hydrogens (primary N) is 1. The van der Waals surface area contributed by atoms with E-state index in [1.54, 1.807) is 4.98 Å². The lowest BCUT2D eigenvalue weighted by Gasteiger charge is -2.18. The smallest absolute Gasteiger partial charge is 0.389 e. The van der Waals surface area contributed by atoms with Crippen LogP contribution in [0.2, 0.25) is 0 Å². The molecule has 8 nitrogen and oxygen atoms in total. The minimum Gasteiger partial charge on any atom is -0.389 e. The van der Waals surface area contributed by atoms with Crippen molar-refractivity contribution in [1.82, 2.24) is 9.55 Å². The number of benzene rings is 1. The third kappa shape index (κ3) is 4.48. The second kappa shape index (κ2) is 7.59. The van der Waals surface area contributed by atoms with Gasteiger partial charge in [0.1, 0.15) is 16.5 Å². The molecule has 0 amide bonds. The van der Waals surface area contributed by atoms with Crippen molar-refractivity contribution < 1.29 is 26.0 Å². The number of rotatable bonds is 5. The molecule has 29 heavy (non-hydrogen) atoms. The first-order valence-electron chi connectivity index (χ1n) is 7.74. The van der Waals surface area contributed by atoms with E-state index in [0.717, 1.165) is 7.05 Å². The molecular formula is C15H14F4N4O4S2. The van der Waals surface area contributed by atoms with Gasteiger partial charge in [0.05, 0.1) is 17.0 Å². The summed E-state index contributed by atoms with van der Waals surface area (Å²) in [5, 5.41) is 0. The molecule has 0 atom stereocenters. The standard InChI is InChI=1S/C15H14F4N4O4S2/c1-3-29(26,27)22-9-5-6(8(16)4-7(9)12(20)28)10-11(15(17,18)19)23(2)14(25)21-13(10)24/h4-5,22H,3H2,1-2H3,(H2,20,28)(H,21,24,25). The highest BCUT2D eigenvalue weighted by Crippen LogP contribution is 2.36. The van der Waals surface area contributed by atoms with Gasteiger partial charge in [0.15, 0.2) is 0 Å². The average molecular weight is 454 g/mol. The summed E-state index contributed by atoms with van der Waals surface area (Å²) in [4.78, 5) is 25.0. The second-order valence-corrected chi connectivity index (χ2v) is 8.24. The normalized spacial score (nSPS) is 12.1. The number of aromatic nitrogens is 2. The predicted molar refractivity (Wildman–Crippen MR) is 102 cm³/mol. The van der Waals surface area contributed by atoms with E-state index in [9.17, 15) is 35.6 Å². The molecule has 0 saturated heterocycles. The molecule has 0 fully saturated rings. The Kier molecular flexibility index (Phi) is 5.90. The molecule has 0 aliphatic rings. The Labute approximate surface area is 166 Å². The molecule has 4 N–H and O–H groups in total. The number of alkyl halides is 3. The van der Waals surface area contributed by atoms with Gasteiger partial charge in [-0.25, -0.2) is 17.6 Å². The van der Waals surface area contributed by atoms with Crippen molar-refractivity contribution in [3.63, 3.8) is 0 Å². The molecule has 1 aromatic carbocycles. The first-order chi connectivity index (χ1) is 13.2. The molecule has 2 rings (SSSR count). The van der Waals surface area contributed by atoms with E-state index in [0.29, 0.717) is 12.1 Å². The van der Waals surface area contributed by atoms with E-state index in [-0.39, 0.29) is 10.1 Å². The summed E-state index contributed by atoms with van der Waals surface area (Å²) in [5.41, 5.74) is -1.96. The van der Waals surface area contributed by atoms with Crippen LogP contribution in [0.3, 0.4) is 0 Å². The van der Waals surface area contributed by atoms with Gasteiger partial charge in [-0.05, 0) is 19.1 Å². The number of halogens is 4. The zero-order valence-corrected chi connectivity index (χ0v) is 16.5. The number of nitrogens with zero attached hydrogens (tertiary/aromatic N) is 1. The van der Waals surface area contributed by atoms with Crippen LogP contribution in [-0.2, 0) is 23.2 Å². The summed E-state index contributed by atoms with van der Waals surface area (Å²) in [6.07, 6.45) is -5.20. The largest absolute Gasteiger partial charge is 0.432 e. The fourth-order valence-corrected chi connectivity index (χ4v) is 3.31. The minimum absolute atomic E-state index is 0.105. The van der Waals surface area contributed by atoms with Gasteiger partial charge in [0.25, 0.3) is 5.56 Å². The molecule has 1 aromatic heterocycles. The van der Waals surface area contributed by atoms with Crippen LogP contribution >= 0.6 is 12.2 Å². The second-order valence-electron chi connectivity index (χ2n) is 5.79. The Bertz CT molecular complexity index is 1220. The summed E-state index contributed by atoms with van der Waals surface area (Å²) in [5.74, 6) is -1.74. The molecule has 14 heteroatoms. The van der Waals surface area contributed by atoms with Crippen LogP contribution in [0.1, 0.15) is 18.2 Å². The van der Waals surface area contributed by atoms with E-state index < -0.39 is 66.5 Å². The van der Waals surface area contributed by atoms with Crippen molar-refractivity contribution in [2.45, 2.75) is 13.1 Å². The highest BCUT2D eigenvalue weighted by molar-refractivity contribution is 7.92. The lowest BCUT2D eigenvalue weighted by Crippen LogP contribution is -2.35. The zero-order valence-electron chi connectivity index (χ0n) is 14.8. The van der Waals surface area contributed by atoms with Gasteiger partial charge in [-0.3, -0.25) is 19.1 Å². The van der Waals surface area contributed by atoms with Crippen LogP contribution in [-0.4, -0.2) is 28.7 Å². The summed E-state index contributed by atoms with van der Waals surface area (Å²) in [6.45, 7) is 1.28. The van der Waals surface area contributed by atoms with Crippen LogP contribution < -0.4 is 21.7 Å². The van der Waals surface area contributed by atoms with E-state index in [2.05, 4.69) is 0 Å². The van der Waals surface area contributed by atoms with Crippen LogP contribution in [0, 0.1) is 5.82 Å². The molecule has 158 valence electrons. The van der Waals surface area contributed by atoms with Crippen molar-refractivity contribution in [3.05, 3.63) is 50.0 Å². The van der Waals surface area contributed by atoms with Gasteiger partial charge >= 0.3 is 11.9 Å². The maximum absolute atomic E-state index is 14.7. The van der Waals surface area contributed by atoms with Gasteiger partial charge in [0, 0.05) is 18.2 Å². The lowest BCUT2D eigenvalue weighted by atomic mass is 10.0. The number of thiocarbonyl (C=S) groups is 1. The molecule has 0 aliphatic heterocycles. The predicted octanol–water partition coefficient (Wildman–Crippen LogP) is 1.29. The van der Waals surface area contributed by atoms with Gasteiger partial charge in [-0.1, -0.05) is 12.2 Å². The summed E-state index contributed by atoms with van der Waals surface area (Å²) >= 11 is 4.73. The van der Waals surface area contributed by atoms with Crippen LogP contribution in [0.15, 0.2) is 21.7 Å². The maximum atomic E-state index is 14.7. The van der Waals surface area contributed by atoms with E-state index in [4.69, 9.17) is 18.0 Å². The number of nitrogens with one attached hydrogen (secondary N) is 2. The van der Waals surface area contributed by atoms with Gasteiger partial charge in [-0.2, -0.15) is 13.2 Å². The minimum atomic E-state index is -5.20. The van der Waals surface area contributed by atoms with E-state index in [1.165, 1.54) is 6.92 Å². The fraction of sp³-hybridized carbons (Fsp3) is 0.267. The number of H-pyrrole nitrogens is 1. The van der Waals surface area contributed by atoms with Crippen molar-refractivity contribution >= 4 is 32.9 Å². The zero-order chi connectivity index (χ0) is 22.3. The van der Waals surface area contributed by atoms with Crippen molar-refractivity contribution in [1.29, 1.82) is 0 Å². The quantitative estimate of drug-likeness (QED) is 0.462. The van der Waals surface area contributed by atoms with Crippen LogP contribution in [0.25, 0.3) is 11.1 Å². The SMILES string of the molecule is CCS(=O)(=O)Nc1cc(-c2c(C(F)(F)F)n(C)c(=O)[nH]c2=O)c(F)cc1C(N)=S. The summed E-state index contributed by atoms with van der Waals surface area (Å²) in [7, 11) is -3.21. The van der Waals surface area contributed by atoms with Crippen molar-refractivity contribution in [2.75, 3.05) is 10.5 Å². The van der Waals surface area contributed by atoms with Crippen LogP contribution in [0.4, 0.5) is 23.2 Å². The van der Waals surface area contributed by atoms with Gasteiger partial charge in [0.2, 0.25) is 10.0 Å². The summed E-state index contributed by atoms with van der Waals surface area (Å²) < 4.78 is 81.2. The molecule has 0 aliphatic carbocycles. The molecule has 0 spiro atoms. The highest BCUT2D eigenvalue weighted by atomic mass is 32.2. The van der Waals surface area contributed by atoms with Crippen molar-refractivity contribution in [2.24, 2.45) is 12.8 Å². The van der Waals surface area contributed by atoms with Gasteiger partial charge in [-0.15, -0.1) is 0 Å². The number of hydrogen-bond donors (Lipinski definition) is 3. The maximum Gasteiger partial charge on any atom is 0.432 e. The topological polar surface area (TPSA) is 127 Å². The number of aromatic amines is 1. The molecule has 1 heterocycles. The fourth-order valence-electron chi connectivity index (χ4n) is 2.49. The average Bonchev–Trinajstić information content (AvgIpc) is 2.57. The molecule has 0 unspecified atom stereocenters. The Morgan fingerprint density at radius 3 is 2.38 bits per heavy atom. The Hall–Kier alpha value is -2.74. The number of hydrogen-bond acceptors (Lipinski definition) is 5. The number of sulfonamides is 1. The highest BCUT2D eigenvalue weighted by Gasteiger charge is 2.39. The Morgan fingerprint density at radius 2 is 1.90 bits per heavy atom. The first-order valence-corrected chi connectivity index (χ1v) is 9.80. The lowest BCUT2D eigenvalue weighted by molar-refractivity contribution is -0.143. The number of anilines is 1. The van der Waals surface area contributed by atoms with Gasteiger partial charge < -0.3 is 5.73 Å². The molecule has 0 saturated carbocycles. The molecule has 0 bridgehead atoms. The third-order valence-corrected chi connectivity index (χ3v) is 5.39. The Balaban J connectivity index is 2.97. The Morgan fingerprint density at radius 1 is 1.31 bits per heavy atom. The van der Waals surface area contributed by atoms with E-state index in [1.807, 2.05) is 4.72 Å². The monoisotopic (exact) mass is 454 g/mol. The first kappa shape index (κ1) is 22.5. The summed E-state index contributed by atoms with van der Waals surface area (Å²) in [6, 6.07) is 1.28.